The van der Waals surface area contributed by atoms with E-state index in [0.717, 1.165) is 11.8 Å². The van der Waals surface area contributed by atoms with E-state index in [4.69, 9.17) is 0 Å². The zero-order chi connectivity index (χ0) is 19.3. The smallest absolute Gasteiger partial charge is 0.0414 e. The molecule has 0 heterocycles. The van der Waals surface area contributed by atoms with E-state index in [-0.39, 0.29) is 0 Å². The van der Waals surface area contributed by atoms with Gasteiger partial charge in [0.2, 0.25) is 0 Å². The molecule has 0 aliphatic carbocycles. The highest BCUT2D eigenvalue weighted by Crippen LogP contribution is 2.23. The number of hydrogen-bond donors (Lipinski definition) is 0. The Morgan fingerprint density at radius 3 is 1.23 bits per heavy atom. The third kappa shape index (κ3) is 20.3. The van der Waals surface area contributed by atoms with Crippen LogP contribution in [0.4, 0.5) is 0 Å². The molecular formula is C26H54. The minimum Gasteiger partial charge on any atom is -0.0654 e. The van der Waals surface area contributed by atoms with Crippen molar-refractivity contribution in [2.24, 2.45) is 11.8 Å². The molecule has 1 atom stereocenters. The van der Waals surface area contributed by atoms with Crippen molar-refractivity contribution >= 4 is 0 Å². The minimum absolute atomic E-state index is 0.887. The lowest BCUT2D eigenvalue weighted by atomic mass is 9.90. The number of rotatable bonds is 21. The van der Waals surface area contributed by atoms with Crippen molar-refractivity contribution in [3.05, 3.63) is 0 Å². The van der Waals surface area contributed by atoms with E-state index in [1.807, 2.05) is 0 Å². The Hall–Kier alpha value is 0. The third-order valence-electron chi connectivity index (χ3n) is 6.06. The maximum Gasteiger partial charge on any atom is -0.0414 e. The second-order valence-corrected chi connectivity index (χ2v) is 9.36. The average Bonchev–Trinajstić information content (AvgIpc) is 2.61. The molecule has 0 amide bonds. The minimum atomic E-state index is 0.887. The van der Waals surface area contributed by atoms with Gasteiger partial charge in [0.05, 0.1) is 0 Å². The molecular weight excluding hydrogens is 312 g/mol. The van der Waals surface area contributed by atoms with Crippen molar-refractivity contribution in [2.45, 2.75) is 156 Å². The monoisotopic (exact) mass is 366 g/mol. The molecule has 0 bridgehead atoms. The van der Waals surface area contributed by atoms with Gasteiger partial charge in [-0.1, -0.05) is 156 Å². The fraction of sp³-hybridized carbons (Fsp3) is 1.00. The zero-order valence-corrected chi connectivity index (χ0v) is 19.3. The highest BCUT2D eigenvalue weighted by molar-refractivity contribution is 4.61. The first kappa shape index (κ1) is 26.0. The van der Waals surface area contributed by atoms with Crippen molar-refractivity contribution in [1.82, 2.24) is 0 Å². The lowest BCUT2D eigenvalue weighted by Crippen LogP contribution is -2.01. The normalized spacial score (nSPS) is 12.8. The summed E-state index contributed by atoms with van der Waals surface area (Å²) in [5.74, 6) is 1.91. The second kappa shape index (κ2) is 21.3. The van der Waals surface area contributed by atoms with Crippen LogP contribution in [0.3, 0.4) is 0 Å². The molecule has 0 aliphatic heterocycles. The Labute approximate surface area is 168 Å². The summed E-state index contributed by atoms with van der Waals surface area (Å²) in [6.45, 7) is 9.39. The van der Waals surface area contributed by atoms with Crippen LogP contribution in [0.15, 0.2) is 0 Å². The average molecular weight is 367 g/mol. The highest BCUT2D eigenvalue weighted by Gasteiger charge is 2.08. The van der Waals surface area contributed by atoms with Crippen molar-refractivity contribution in [3.8, 4) is 0 Å². The van der Waals surface area contributed by atoms with Gasteiger partial charge in [0.15, 0.2) is 0 Å². The molecule has 0 spiro atoms. The van der Waals surface area contributed by atoms with Crippen LogP contribution >= 0.6 is 0 Å². The first-order valence-corrected chi connectivity index (χ1v) is 12.7. The molecule has 0 N–H and O–H groups in total. The topological polar surface area (TPSA) is 0 Å². The van der Waals surface area contributed by atoms with Crippen molar-refractivity contribution in [3.63, 3.8) is 0 Å². The summed E-state index contributed by atoms with van der Waals surface area (Å²) >= 11 is 0. The predicted molar refractivity (Wildman–Crippen MR) is 122 cm³/mol. The Morgan fingerprint density at radius 2 is 0.808 bits per heavy atom. The molecule has 0 aromatic heterocycles. The van der Waals surface area contributed by atoms with Gasteiger partial charge >= 0.3 is 0 Å². The van der Waals surface area contributed by atoms with E-state index >= 15 is 0 Å². The molecule has 0 saturated carbocycles. The van der Waals surface area contributed by atoms with Crippen molar-refractivity contribution in [2.75, 3.05) is 0 Å². The van der Waals surface area contributed by atoms with Crippen LogP contribution in [-0.4, -0.2) is 0 Å². The van der Waals surface area contributed by atoms with Crippen LogP contribution in [0.25, 0.3) is 0 Å². The van der Waals surface area contributed by atoms with E-state index in [1.165, 1.54) is 128 Å². The van der Waals surface area contributed by atoms with Crippen LogP contribution < -0.4 is 0 Å². The Bertz CT molecular complexity index is 242. The molecule has 0 aliphatic rings. The first-order valence-electron chi connectivity index (χ1n) is 12.7. The van der Waals surface area contributed by atoms with Crippen LogP contribution in [0, 0.1) is 11.8 Å². The zero-order valence-electron chi connectivity index (χ0n) is 19.3. The molecule has 0 fully saturated rings. The van der Waals surface area contributed by atoms with Gasteiger partial charge in [-0.05, 0) is 11.8 Å². The third-order valence-corrected chi connectivity index (χ3v) is 6.06. The Morgan fingerprint density at radius 1 is 0.385 bits per heavy atom. The van der Waals surface area contributed by atoms with Gasteiger partial charge < -0.3 is 0 Å². The molecule has 0 rings (SSSR count). The summed E-state index contributed by atoms with van der Waals surface area (Å²) in [5.41, 5.74) is 0. The molecule has 1 unspecified atom stereocenters. The quantitative estimate of drug-likeness (QED) is 0.177. The summed E-state index contributed by atoms with van der Waals surface area (Å²) < 4.78 is 0. The van der Waals surface area contributed by atoms with Gasteiger partial charge in [-0.15, -0.1) is 0 Å². The van der Waals surface area contributed by atoms with Gasteiger partial charge in [-0.25, -0.2) is 0 Å². The molecule has 0 radical (unpaired) electrons. The highest BCUT2D eigenvalue weighted by atomic mass is 14.1. The van der Waals surface area contributed by atoms with E-state index in [9.17, 15) is 0 Å². The van der Waals surface area contributed by atoms with Gasteiger partial charge in [-0.2, -0.15) is 0 Å². The lowest BCUT2D eigenvalue weighted by Gasteiger charge is -2.16. The summed E-state index contributed by atoms with van der Waals surface area (Å²) in [7, 11) is 0. The molecule has 0 heteroatoms. The fourth-order valence-electron chi connectivity index (χ4n) is 4.28. The Kier molecular flexibility index (Phi) is 21.3. The molecule has 0 aromatic carbocycles. The summed E-state index contributed by atoms with van der Waals surface area (Å²) in [5, 5.41) is 0. The van der Waals surface area contributed by atoms with Crippen LogP contribution in [0.2, 0.25) is 0 Å². The van der Waals surface area contributed by atoms with E-state index in [2.05, 4.69) is 27.7 Å². The largest absolute Gasteiger partial charge is 0.0654 e. The maximum absolute atomic E-state index is 2.36. The first-order chi connectivity index (χ1) is 12.7. The van der Waals surface area contributed by atoms with Gasteiger partial charge in [0.25, 0.3) is 0 Å². The van der Waals surface area contributed by atoms with Gasteiger partial charge in [0, 0.05) is 0 Å². The summed E-state index contributed by atoms with van der Waals surface area (Å²) in [6.07, 6.45) is 29.4. The lowest BCUT2D eigenvalue weighted by molar-refractivity contribution is 0.369. The summed E-state index contributed by atoms with van der Waals surface area (Å²) in [4.78, 5) is 0. The SMILES string of the molecule is CCCCCCCCCCCCCCCCC(CCC)CCCC(C)C. The van der Waals surface area contributed by atoms with Crippen LogP contribution in [0.5, 0.6) is 0 Å². The van der Waals surface area contributed by atoms with Gasteiger partial charge in [-0.3, -0.25) is 0 Å². The van der Waals surface area contributed by atoms with Gasteiger partial charge in [0.1, 0.15) is 0 Å². The molecule has 0 saturated heterocycles. The second-order valence-electron chi connectivity index (χ2n) is 9.36. The van der Waals surface area contributed by atoms with E-state index in [1.54, 1.807) is 0 Å². The summed E-state index contributed by atoms with van der Waals surface area (Å²) in [6, 6.07) is 0. The fourth-order valence-corrected chi connectivity index (χ4v) is 4.28. The van der Waals surface area contributed by atoms with E-state index in [0.29, 0.717) is 0 Å². The molecule has 0 aromatic rings. The standard InChI is InChI=1S/C26H54/c1-5-7-8-9-10-11-12-13-14-15-16-17-18-19-23-26(21-6-2)24-20-22-25(3)4/h25-26H,5-24H2,1-4H3. The van der Waals surface area contributed by atoms with Crippen LogP contribution in [-0.2, 0) is 0 Å². The van der Waals surface area contributed by atoms with Crippen molar-refractivity contribution in [1.29, 1.82) is 0 Å². The predicted octanol–water partition coefficient (Wildman–Crippen LogP) is 10.1. The van der Waals surface area contributed by atoms with E-state index < -0.39 is 0 Å². The molecule has 0 nitrogen and oxygen atoms in total. The number of unbranched alkanes of at least 4 members (excludes halogenated alkanes) is 13. The maximum atomic E-state index is 2.36. The molecule has 158 valence electrons. The van der Waals surface area contributed by atoms with Crippen molar-refractivity contribution < 1.29 is 0 Å². The number of hydrogen-bond acceptors (Lipinski definition) is 0. The Balaban J connectivity index is 3.31. The molecule has 26 heavy (non-hydrogen) atoms. The van der Waals surface area contributed by atoms with Crippen LogP contribution in [0.1, 0.15) is 156 Å².